The summed E-state index contributed by atoms with van der Waals surface area (Å²) in [6, 6.07) is 4.94. The highest BCUT2D eigenvalue weighted by atomic mass is 16.5. The number of hydrogen-bond donors (Lipinski definition) is 2. The van der Waals surface area contributed by atoms with Crippen LogP contribution in [0.3, 0.4) is 0 Å². The molecule has 2 rings (SSSR count). The van der Waals surface area contributed by atoms with Gasteiger partial charge in [-0.25, -0.2) is 0 Å². The molecule has 20 heavy (non-hydrogen) atoms. The summed E-state index contributed by atoms with van der Waals surface area (Å²) in [6.45, 7) is 0. The van der Waals surface area contributed by atoms with Crippen molar-refractivity contribution in [3.8, 4) is 0 Å². The highest BCUT2D eigenvalue weighted by Crippen LogP contribution is 2.09. The second-order valence-corrected chi connectivity index (χ2v) is 3.91. The standard InChI is InChI=1S/C13H13N5O2/c1-15-11-7-10(14)12(6-9(11)8-19)16-17-13-4-2-3-5-18(13)20/h2-8,20H,14H2,1H3. The third-order valence-electron chi connectivity index (χ3n) is 2.62. The number of aliphatic imine (C=N–C) groups is 1. The second kappa shape index (κ2) is 5.79. The lowest BCUT2D eigenvalue weighted by atomic mass is 10.0. The van der Waals surface area contributed by atoms with Gasteiger partial charge in [0.25, 0.3) is 0 Å². The molecule has 0 radical (unpaired) electrons. The second-order valence-electron chi connectivity index (χ2n) is 3.91. The van der Waals surface area contributed by atoms with E-state index >= 15 is 0 Å². The highest BCUT2D eigenvalue weighted by Gasteiger charge is 2.14. The van der Waals surface area contributed by atoms with Gasteiger partial charge in [-0.1, -0.05) is 6.07 Å². The minimum Gasteiger partial charge on any atom is -0.427 e. The molecule has 1 aromatic rings. The Morgan fingerprint density at radius 3 is 2.70 bits per heavy atom. The molecule has 0 saturated heterocycles. The molecule has 7 heteroatoms. The largest absolute Gasteiger partial charge is 0.427 e. The van der Waals surface area contributed by atoms with Gasteiger partial charge in [-0.15, -0.1) is 10.2 Å². The van der Waals surface area contributed by atoms with Crippen molar-refractivity contribution >= 4 is 17.7 Å². The first kappa shape index (κ1) is 13.5. The molecule has 1 heterocycles. The predicted molar refractivity (Wildman–Crippen MR) is 74.4 cm³/mol. The quantitative estimate of drug-likeness (QED) is 0.343. The molecule has 0 bridgehead atoms. The third kappa shape index (κ3) is 2.72. The Morgan fingerprint density at radius 1 is 1.25 bits per heavy atom. The maximum absolute atomic E-state index is 11.0. The van der Waals surface area contributed by atoms with Crippen molar-refractivity contribution in [2.24, 2.45) is 20.9 Å². The summed E-state index contributed by atoms with van der Waals surface area (Å²) < 4.78 is 0.829. The number of rotatable bonds is 2. The van der Waals surface area contributed by atoms with E-state index in [-0.39, 0.29) is 5.49 Å². The van der Waals surface area contributed by atoms with Crippen LogP contribution in [0.5, 0.6) is 0 Å². The molecule has 0 amide bonds. The van der Waals surface area contributed by atoms with Crippen molar-refractivity contribution in [1.82, 2.24) is 4.73 Å². The van der Waals surface area contributed by atoms with Gasteiger partial charge in [-0.05, 0) is 24.3 Å². The van der Waals surface area contributed by atoms with Gasteiger partial charge in [0.15, 0.2) is 11.8 Å². The van der Waals surface area contributed by atoms with Crippen molar-refractivity contribution in [3.05, 3.63) is 53.3 Å². The number of nitrogens with two attached hydrogens (primary N) is 1. The molecule has 1 aliphatic rings. The summed E-state index contributed by atoms with van der Waals surface area (Å²) >= 11 is 0. The third-order valence-corrected chi connectivity index (χ3v) is 2.62. The number of pyridine rings is 1. The van der Waals surface area contributed by atoms with Crippen LogP contribution in [-0.2, 0) is 4.79 Å². The van der Waals surface area contributed by atoms with Gasteiger partial charge in [0.05, 0.1) is 11.4 Å². The van der Waals surface area contributed by atoms with E-state index in [0.717, 1.165) is 4.73 Å². The molecule has 7 nitrogen and oxygen atoms in total. The van der Waals surface area contributed by atoms with E-state index in [1.54, 1.807) is 31.3 Å². The van der Waals surface area contributed by atoms with Crippen LogP contribution in [0.15, 0.2) is 63.0 Å². The first-order valence-corrected chi connectivity index (χ1v) is 5.76. The van der Waals surface area contributed by atoms with E-state index in [9.17, 15) is 10.0 Å². The van der Waals surface area contributed by atoms with Crippen LogP contribution in [0.25, 0.3) is 0 Å². The van der Waals surface area contributed by atoms with Crippen LogP contribution in [-0.4, -0.2) is 34.7 Å². The molecule has 0 fully saturated rings. The Labute approximate surface area is 114 Å². The van der Waals surface area contributed by atoms with Crippen LogP contribution in [0, 0.1) is 0 Å². The van der Waals surface area contributed by atoms with E-state index in [4.69, 9.17) is 5.73 Å². The monoisotopic (exact) mass is 271 g/mol. The summed E-state index contributed by atoms with van der Waals surface area (Å²) in [6.07, 6.45) is 5.15. The molecule has 1 aromatic heterocycles. The zero-order valence-electron chi connectivity index (χ0n) is 10.8. The number of aldehydes is 1. The van der Waals surface area contributed by atoms with Gasteiger partial charge in [-0.3, -0.25) is 9.79 Å². The molecular formula is C13H13N5O2. The van der Waals surface area contributed by atoms with E-state index < -0.39 is 0 Å². The molecule has 0 atom stereocenters. The fraction of sp³-hybridized carbons (Fsp3) is 0.0769. The molecule has 0 spiro atoms. The summed E-state index contributed by atoms with van der Waals surface area (Å²) in [5, 5.41) is 17.3. The molecule has 0 aromatic carbocycles. The molecule has 0 aliphatic heterocycles. The number of carbonyl (C=O) groups is 1. The first-order chi connectivity index (χ1) is 9.65. The van der Waals surface area contributed by atoms with Crippen LogP contribution in [0.4, 0.5) is 0 Å². The zero-order valence-corrected chi connectivity index (χ0v) is 10.8. The first-order valence-electron chi connectivity index (χ1n) is 5.76. The lowest BCUT2D eigenvalue weighted by Gasteiger charge is -2.09. The lowest BCUT2D eigenvalue weighted by molar-refractivity contribution is -0.104. The lowest BCUT2D eigenvalue weighted by Crippen LogP contribution is -2.20. The van der Waals surface area contributed by atoms with Crippen molar-refractivity contribution in [1.29, 1.82) is 0 Å². The van der Waals surface area contributed by atoms with Gasteiger partial charge >= 0.3 is 0 Å². The maximum atomic E-state index is 11.0. The van der Waals surface area contributed by atoms with Gasteiger partial charge in [0, 0.05) is 18.8 Å². The van der Waals surface area contributed by atoms with Crippen molar-refractivity contribution in [2.45, 2.75) is 0 Å². The molecular weight excluding hydrogens is 258 g/mol. The van der Waals surface area contributed by atoms with Gasteiger partial charge in [0.2, 0.25) is 0 Å². The summed E-state index contributed by atoms with van der Waals surface area (Å²) in [5.74, 6) is 0. The van der Waals surface area contributed by atoms with E-state index in [2.05, 4.69) is 15.2 Å². The SMILES string of the molecule is CN=C1C=C(N)C(=NN=c2ccccn2O)C=C1C=O. The normalized spacial score (nSPS) is 19.9. The Bertz CT molecular complexity index is 722. The number of aromatic nitrogens is 1. The number of hydrogen-bond acceptors (Lipinski definition) is 6. The van der Waals surface area contributed by atoms with Gasteiger partial charge in [0.1, 0.15) is 5.71 Å². The maximum Gasteiger partial charge on any atom is 0.189 e. The number of allylic oxidation sites excluding steroid dienone is 3. The number of nitrogens with zero attached hydrogens (tertiary/aromatic N) is 4. The van der Waals surface area contributed by atoms with Gasteiger partial charge in [-0.2, -0.15) is 4.73 Å². The smallest absolute Gasteiger partial charge is 0.189 e. The van der Waals surface area contributed by atoms with E-state index in [1.165, 1.54) is 12.3 Å². The fourth-order valence-corrected chi connectivity index (χ4v) is 1.59. The molecule has 0 saturated carbocycles. The summed E-state index contributed by atoms with van der Waals surface area (Å²) in [7, 11) is 1.57. The zero-order chi connectivity index (χ0) is 14.5. The Hall–Kier alpha value is -2.96. The Balaban J connectivity index is 2.46. The predicted octanol–water partition coefficient (Wildman–Crippen LogP) is 0.0344. The Kier molecular flexibility index (Phi) is 3.90. The minimum absolute atomic E-state index is 0.240. The minimum atomic E-state index is 0.240. The van der Waals surface area contributed by atoms with Gasteiger partial charge < -0.3 is 10.9 Å². The van der Waals surface area contributed by atoms with Crippen LogP contribution in [0.1, 0.15) is 0 Å². The van der Waals surface area contributed by atoms with Crippen molar-refractivity contribution in [3.63, 3.8) is 0 Å². The van der Waals surface area contributed by atoms with E-state index in [0.29, 0.717) is 29.0 Å². The Morgan fingerprint density at radius 2 is 2.05 bits per heavy atom. The van der Waals surface area contributed by atoms with Crippen molar-refractivity contribution in [2.75, 3.05) is 7.05 Å². The molecule has 1 aliphatic carbocycles. The van der Waals surface area contributed by atoms with Crippen LogP contribution < -0.4 is 11.2 Å². The van der Waals surface area contributed by atoms with E-state index in [1.807, 2.05) is 0 Å². The summed E-state index contributed by atoms with van der Waals surface area (Å²) in [5.41, 5.74) is 7.62. The molecule has 102 valence electrons. The topological polar surface area (TPSA) is 105 Å². The number of carbonyl (C=O) groups excluding carboxylic acids is 1. The highest BCUT2D eigenvalue weighted by molar-refractivity contribution is 6.30. The molecule has 3 N–H and O–H groups in total. The van der Waals surface area contributed by atoms with Crippen molar-refractivity contribution < 1.29 is 10.0 Å². The average molecular weight is 271 g/mol. The average Bonchev–Trinajstić information content (AvgIpc) is 2.47. The molecule has 0 unspecified atom stereocenters. The summed E-state index contributed by atoms with van der Waals surface area (Å²) in [4.78, 5) is 14.9. The fourth-order valence-electron chi connectivity index (χ4n) is 1.59. The van der Waals surface area contributed by atoms with Crippen LogP contribution in [0.2, 0.25) is 0 Å². The van der Waals surface area contributed by atoms with Crippen LogP contribution >= 0.6 is 0 Å².